The average Bonchev–Trinajstić information content (AvgIpc) is 3.28. The number of aryl methyl sites for hydroxylation is 1. The molecule has 0 bridgehead atoms. The lowest BCUT2D eigenvalue weighted by Crippen LogP contribution is -2.55. The molecule has 4 unspecified atom stereocenters. The molecule has 186 valence electrons. The van der Waals surface area contributed by atoms with Crippen LogP contribution in [0, 0.1) is 18.8 Å². The van der Waals surface area contributed by atoms with Crippen LogP contribution in [-0.2, 0) is 20.6 Å². The molecule has 0 aromatic heterocycles. The summed E-state index contributed by atoms with van der Waals surface area (Å²) in [5, 5.41) is 13.6. The van der Waals surface area contributed by atoms with Gasteiger partial charge in [-0.2, -0.15) is 13.2 Å². The first-order valence-corrected chi connectivity index (χ1v) is 11.6. The highest BCUT2D eigenvalue weighted by atomic mass is 35.5. The van der Waals surface area contributed by atoms with Crippen molar-refractivity contribution < 1.29 is 32.7 Å². The summed E-state index contributed by atoms with van der Waals surface area (Å²) >= 11 is 6.21. The van der Waals surface area contributed by atoms with Gasteiger partial charge in [-0.15, -0.1) is 0 Å². The largest absolute Gasteiger partial charge is 0.480 e. The Labute approximate surface area is 205 Å². The Morgan fingerprint density at radius 3 is 2.34 bits per heavy atom. The quantitative estimate of drug-likeness (QED) is 0.528. The molecule has 4 atom stereocenters. The zero-order chi connectivity index (χ0) is 25.7. The summed E-state index contributed by atoms with van der Waals surface area (Å²) in [5.74, 6) is -4.89. The number of benzene rings is 2. The van der Waals surface area contributed by atoms with Crippen LogP contribution in [0.3, 0.4) is 0 Å². The third-order valence-electron chi connectivity index (χ3n) is 6.97. The predicted molar refractivity (Wildman–Crippen MR) is 123 cm³/mol. The van der Waals surface area contributed by atoms with Crippen LogP contribution in [0.1, 0.15) is 48.9 Å². The minimum Gasteiger partial charge on any atom is -0.480 e. The van der Waals surface area contributed by atoms with Crippen LogP contribution in [0.25, 0.3) is 0 Å². The second kappa shape index (κ2) is 8.95. The summed E-state index contributed by atoms with van der Waals surface area (Å²) in [7, 11) is 0. The molecule has 4 rings (SSSR count). The second-order valence-corrected chi connectivity index (χ2v) is 9.48. The van der Waals surface area contributed by atoms with Gasteiger partial charge in [-0.3, -0.25) is 19.7 Å². The number of carboxylic acid groups (broad SMARTS) is 1. The molecule has 2 aromatic rings. The van der Waals surface area contributed by atoms with E-state index in [2.05, 4.69) is 5.32 Å². The summed E-state index contributed by atoms with van der Waals surface area (Å²) < 4.78 is 39.3. The number of carbonyl (C=O) groups is 3. The maximum atomic E-state index is 13.6. The monoisotopic (exact) mass is 508 g/mol. The van der Waals surface area contributed by atoms with Crippen molar-refractivity contribution in [2.24, 2.45) is 11.8 Å². The fourth-order valence-corrected chi connectivity index (χ4v) is 5.31. The van der Waals surface area contributed by atoms with Crippen LogP contribution >= 0.6 is 11.6 Å². The molecule has 2 aromatic carbocycles. The zero-order valence-corrected chi connectivity index (χ0v) is 19.8. The first-order valence-electron chi connectivity index (χ1n) is 11.2. The number of fused-ring (bicyclic) bond motifs is 1. The van der Waals surface area contributed by atoms with E-state index in [0.29, 0.717) is 23.4 Å². The smallest absolute Gasteiger partial charge is 0.416 e. The minimum atomic E-state index is -4.54. The number of hydrogen-bond acceptors (Lipinski definition) is 4. The van der Waals surface area contributed by atoms with E-state index in [-0.39, 0.29) is 12.1 Å². The number of imide groups is 1. The zero-order valence-electron chi connectivity index (χ0n) is 19.0. The van der Waals surface area contributed by atoms with Crippen molar-refractivity contribution in [2.45, 2.75) is 50.9 Å². The number of unbranched alkanes of at least 4 members (excludes halogenated alkanes) is 1. The van der Waals surface area contributed by atoms with Gasteiger partial charge in [0.15, 0.2) is 0 Å². The molecule has 0 spiro atoms. The minimum absolute atomic E-state index is 0.0820. The van der Waals surface area contributed by atoms with Crippen molar-refractivity contribution in [3.05, 3.63) is 64.2 Å². The number of alkyl halides is 3. The molecule has 2 aliphatic heterocycles. The number of nitrogens with zero attached hydrogens (tertiary/aromatic N) is 1. The van der Waals surface area contributed by atoms with Gasteiger partial charge in [0.2, 0.25) is 11.8 Å². The Hall–Kier alpha value is -2.91. The molecule has 0 saturated carbocycles. The Balaban J connectivity index is 1.83. The molecular weight excluding hydrogens is 485 g/mol. The number of hydrogen-bond donors (Lipinski definition) is 2. The Morgan fingerprint density at radius 1 is 1.14 bits per heavy atom. The van der Waals surface area contributed by atoms with Crippen LogP contribution in [0.5, 0.6) is 0 Å². The van der Waals surface area contributed by atoms with Crippen LogP contribution in [0.15, 0.2) is 42.5 Å². The van der Waals surface area contributed by atoms with Gasteiger partial charge in [-0.25, -0.2) is 4.90 Å². The van der Waals surface area contributed by atoms with Gasteiger partial charge in [0.1, 0.15) is 5.54 Å². The first-order chi connectivity index (χ1) is 16.4. The maximum absolute atomic E-state index is 13.6. The summed E-state index contributed by atoms with van der Waals surface area (Å²) in [6.07, 6.45) is -3.34. The number of rotatable bonds is 6. The standard InChI is InChI=1S/C25H24ClF3N2O4/c1-3-4-11-24(23(34)35)19-18(20(30-24)14-6-8-15(9-7-14)25(27,28)29)21(32)31(22(19)33)16-10-5-13(2)17(26)12-16/h5-10,12,18-20,30H,3-4,11H2,1-2H3,(H,34,35). The molecule has 2 aliphatic rings. The van der Waals surface area contributed by atoms with Gasteiger partial charge in [-0.1, -0.05) is 49.6 Å². The van der Waals surface area contributed by atoms with Crippen LogP contribution in [0.2, 0.25) is 5.02 Å². The molecular formula is C25H24ClF3N2O4. The van der Waals surface area contributed by atoms with Gasteiger partial charge in [-0.05, 0) is 48.7 Å². The molecule has 2 amide bonds. The SMILES string of the molecule is CCCCC1(C(=O)O)NC(c2ccc(C(F)(F)F)cc2)C2C(=O)N(c3ccc(C)c(Cl)c3)C(=O)C21. The number of nitrogens with one attached hydrogen (secondary N) is 1. The fraction of sp³-hybridized carbons (Fsp3) is 0.400. The number of carboxylic acids is 1. The summed E-state index contributed by atoms with van der Waals surface area (Å²) in [6.45, 7) is 3.64. The lowest BCUT2D eigenvalue weighted by molar-refractivity contribution is -0.149. The lowest BCUT2D eigenvalue weighted by Gasteiger charge is -2.31. The summed E-state index contributed by atoms with van der Waals surface area (Å²) in [5.41, 5.74) is -1.34. The Morgan fingerprint density at radius 2 is 1.80 bits per heavy atom. The second-order valence-electron chi connectivity index (χ2n) is 9.07. The number of halogens is 4. The Bertz CT molecular complexity index is 1180. The maximum Gasteiger partial charge on any atom is 0.416 e. The van der Waals surface area contributed by atoms with Crippen LogP contribution in [0.4, 0.5) is 18.9 Å². The van der Waals surface area contributed by atoms with Gasteiger partial charge in [0.05, 0.1) is 23.1 Å². The van der Waals surface area contributed by atoms with E-state index in [0.717, 1.165) is 22.6 Å². The fourth-order valence-electron chi connectivity index (χ4n) is 5.13. The van der Waals surface area contributed by atoms with Crippen molar-refractivity contribution >= 4 is 35.1 Å². The van der Waals surface area contributed by atoms with Crippen molar-refractivity contribution in [1.29, 1.82) is 0 Å². The summed E-state index contributed by atoms with van der Waals surface area (Å²) in [6, 6.07) is 7.94. The molecule has 10 heteroatoms. The van der Waals surface area contributed by atoms with Gasteiger partial charge >= 0.3 is 12.1 Å². The predicted octanol–water partition coefficient (Wildman–Crippen LogP) is 5.13. The van der Waals surface area contributed by atoms with E-state index in [1.165, 1.54) is 18.2 Å². The number of aliphatic carboxylic acids is 1. The van der Waals surface area contributed by atoms with Crippen molar-refractivity contribution in [2.75, 3.05) is 4.90 Å². The topological polar surface area (TPSA) is 86.7 Å². The third-order valence-corrected chi connectivity index (χ3v) is 7.38. The van der Waals surface area contributed by atoms with Crippen LogP contribution < -0.4 is 10.2 Å². The van der Waals surface area contributed by atoms with Gasteiger partial charge < -0.3 is 5.11 Å². The lowest BCUT2D eigenvalue weighted by atomic mass is 9.76. The van der Waals surface area contributed by atoms with Crippen molar-refractivity contribution in [3.8, 4) is 0 Å². The van der Waals surface area contributed by atoms with E-state index in [4.69, 9.17) is 11.6 Å². The molecule has 35 heavy (non-hydrogen) atoms. The molecule has 0 aliphatic carbocycles. The Kier molecular flexibility index (Phi) is 6.44. The number of carbonyl (C=O) groups excluding carboxylic acids is 2. The molecule has 6 nitrogen and oxygen atoms in total. The molecule has 2 N–H and O–H groups in total. The molecule has 0 radical (unpaired) electrons. The molecule has 2 saturated heterocycles. The number of amides is 2. The van der Waals surface area contributed by atoms with E-state index < -0.39 is 52.9 Å². The van der Waals surface area contributed by atoms with Gasteiger partial charge in [0.25, 0.3) is 0 Å². The molecule has 2 fully saturated rings. The van der Waals surface area contributed by atoms with E-state index >= 15 is 0 Å². The van der Waals surface area contributed by atoms with E-state index in [1.807, 2.05) is 6.92 Å². The van der Waals surface area contributed by atoms with E-state index in [1.54, 1.807) is 19.1 Å². The third kappa shape index (κ3) is 4.10. The number of anilines is 1. The highest BCUT2D eigenvalue weighted by Crippen LogP contribution is 2.51. The van der Waals surface area contributed by atoms with E-state index in [9.17, 15) is 32.7 Å². The normalized spacial score (nSPS) is 26.3. The van der Waals surface area contributed by atoms with Crippen LogP contribution in [-0.4, -0.2) is 28.4 Å². The molecule has 2 heterocycles. The van der Waals surface area contributed by atoms with Gasteiger partial charge in [0, 0.05) is 11.1 Å². The van der Waals surface area contributed by atoms with Crippen molar-refractivity contribution in [1.82, 2.24) is 5.32 Å². The summed E-state index contributed by atoms with van der Waals surface area (Å²) in [4.78, 5) is 40.9. The first kappa shape index (κ1) is 25.2. The highest BCUT2D eigenvalue weighted by molar-refractivity contribution is 6.32. The highest BCUT2D eigenvalue weighted by Gasteiger charge is 2.68. The van der Waals surface area contributed by atoms with Crippen molar-refractivity contribution in [3.63, 3.8) is 0 Å². The average molecular weight is 509 g/mol.